The molecule has 10 nitrogen and oxygen atoms in total. The van der Waals surface area contributed by atoms with Gasteiger partial charge in [-0.2, -0.15) is 0 Å². The Morgan fingerprint density at radius 2 is 0.808 bits per heavy atom. The van der Waals surface area contributed by atoms with E-state index < -0.39 is 26.7 Å². The SMILES string of the molecule is O=P(O)(O)O.OC1C=CC=CO1.OC1C=CC=CO1.OC1C=CC=CO1. The van der Waals surface area contributed by atoms with Crippen LogP contribution in [-0.4, -0.2) is 48.9 Å². The second-order valence-corrected chi connectivity index (χ2v) is 5.26. The summed E-state index contributed by atoms with van der Waals surface area (Å²) in [7, 11) is -4.64. The second-order valence-electron chi connectivity index (χ2n) is 4.23. The lowest BCUT2D eigenvalue weighted by Crippen LogP contribution is -2.04. The lowest BCUT2D eigenvalue weighted by atomic mass is 10.4. The van der Waals surface area contributed by atoms with Crippen LogP contribution in [0.2, 0.25) is 0 Å². The highest BCUT2D eigenvalue weighted by atomic mass is 31.2. The van der Waals surface area contributed by atoms with Gasteiger partial charge >= 0.3 is 7.82 Å². The van der Waals surface area contributed by atoms with Crippen LogP contribution >= 0.6 is 7.82 Å². The van der Waals surface area contributed by atoms with Crippen LogP contribution < -0.4 is 0 Å². The highest BCUT2D eigenvalue weighted by molar-refractivity contribution is 7.45. The van der Waals surface area contributed by atoms with Gasteiger partial charge in [0.05, 0.1) is 18.8 Å². The number of aliphatic hydroxyl groups is 3. The normalized spacial score (nSPS) is 24.3. The van der Waals surface area contributed by atoms with Crippen LogP contribution in [0, 0.1) is 0 Å². The van der Waals surface area contributed by atoms with E-state index in [1.807, 2.05) is 0 Å². The van der Waals surface area contributed by atoms with Gasteiger partial charge < -0.3 is 44.2 Å². The molecule has 3 aliphatic rings. The van der Waals surface area contributed by atoms with E-state index in [1.165, 1.54) is 18.8 Å². The molecule has 3 aliphatic heterocycles. The van der Waals surface area contributed by atoms with Gasteiger partial charge in [0.2, 0.25) is 18.9 Å². The number of phosphoric acid groups is 1. The number of rotatable bonds is 0. The molecular formula is C15H21O10P. The molecule has 0 saturated carbocycles. The predicted octanol–water partition coefficient (Wildman–Crippen LogP) is 0.286. The number of aliphatic hydroxyl groups excluding tert-OH is 3. The van der Waals surface area contributed by atoms with Crippen molar-refractivity contribution >= 4 is 7.82 Å². The molecule has 0 bridgehead atoms. The van der Waals surface area contributed by atoms with Crippen LogP contribution in [0.1, 0.15) is 0 Å². The van der Waals surface area contributed by atoms with Gasteiger partial charge in [-0.25, -0.2) is 4.57 Å². The van der Waals surface area contributed by atoms with Gasteiger partial charge in [0.15, 0.2) is 0 Å². The largest absolute Gasteiger partial charge is 0.469 e. The summed E-state index contributed by atoms with van der Waals surface area (Å²) in [5.41, 5.74) is 0. The van der Waals surface area contributed by atoms with Crippen LogP contribution in [0.3, 0.4) is 0 Å². The maximum Gasteiger partial charge on any atom is 0.466 e. The lowest BCUT2D eigenvalue weighted by Gasteiger charge is -2.05. The standard InChI is InChI=1S/3C5H6O2.H3O4P/c3*6-5-3-1-2-4-7-5;1-5(2,3)4/h3*1-6H;(H3,1,2,3,4). The maximum absolute atomic E-state index is 8.88. The highest BCUT2D eigenvalue weighted by Gasteiger charge is 2.00. The fraction of sp³-hybridized carbons (Fsp3) is 0.200. The summed E-state index contributed by atoms with van der Waals surface area (Å²) in [4.78, 5) is 21.6. The van der Waals surface area contributed by atoms with E-state index in [0.717, 1.165) is 0 Å². The Morgan fingerprint density at radius 3 is 0.885 bits per heavy atom. The lowest BCUT2D eigenvalue weighted by molar-refractivity contribution is -0.0137. The molecule has 146 valence electrons. The predicted molar refractivity (Wildman–Crippen MR) is 90.4 cm³/mol. The van der Waals surface area contributed by atoms with Crippen molar-refractivity contribution in [3.8, 4) is 0 Å². The first-order valence-corrected chi connectivity index (χ1v) is 8.54. The van der Waals surface area contributed by atoms with Gasteiger partial charge in [0.25, 0.3) is 0 Å². The number of hydrogen-bond donors (Lipinski definition) is 6. The molecule has 0 saturated heterocycles. The smallest absolute Gasteiger partial charge is 0.466 e. The third-order valence-corrected chi connectivity index (χ3v) is 2.05. The number of ether oxygens (including phenoxy) is 3. The average molecular weight is 392 g/mol. The molecule has 0 aromatic carbocycles. The van der Waals surface area contributed by atoms with Crippen molar-refractivity contribution in [1.82, 2.24) is 0 Å². The van der Waals surface area contributed by atoms with Gasteiger partial charge in [-0.05, 0) is 36.5 Å². The first kappa shape index (κ1) is 23.8. The number of allylic oxidation sites excluding steroid dienone is 6. The molecule has 3 atom stereocenters. The molecule has 0 spiro atoms. The molecule has 3 unspecified atom stereocenters. The first-order chi connectivity index (χ1) is 12.2. The van der Waals surface area contributed by atoms with Crippen LogP contribution in [0.15, 0.2) is 73.5 Å². The Balaban J connectivity index is 0.000000324. The Labute approximate surface area is 149 Å². The molecule has 6 N–H and O–H groups in total. The summed E-state index contributed by atoms with van der Waals surface area (Å²) in [5, 5.41) is 25.6. The maximum atomic E-state index is 8.88. The Bertz CT molecular complexity index is 512. The van der Waals surface area contributed by atoms with Gasteiger partial charge in [-0.3, -0.25) is 0 Å². The zero-order valence-corrected chi connectivity index (χ0v) is 14.3. The summed E-state index contributed by atoms with van der Waals surface area (Å²) in [5.74, 6) is 0. The van der Waals surface area contributed by atoms with Crippen LogP contribution in [0.25, 0.3) is 0 Å². The van der Waals surface area contributed by atoms with Crippen molar-refractivity contribution in [1.29, 1.82) is 0 Å². The summed E-state index contributed by atoms with van der Waals surface area (Å²) >= 11 is 0. The first-order valence-electron chi connectivity index (χ1n) is 6.97. The molecule has 26 heavy (non-hydrogen) atoms. The van der Waals surface area contributed by atoms with E-state index in [2.05, 4.69) is 14.2 Å². The molecule has 3 heterocycles. The molecule has 3 rings (SSSR count). The second kappa shape index (κ2) is 14.0. The van der Waals surface area contributed by atoms with Crippen molar-refractivity contribution in [3.63, 3.8) is 0 Å². The fourth-order valence-electron chi connectivity index (χ4n) is 1.13. The van der Waals surface area contributed by atoms with Crippen molar-refractivity contribution < 1.29 is 48.8 Å². The fourth-order valence-corrected chi connectivity index (χ4v) is 1.13. The highest BCUT2D eigenvalue weighted by Crippen LogP contribution is 2.25. The van der Waals surface area contributed by atoms with Gasteiger partial charge in [0.1, 0.15) is 0 Å². The summed E-state index contributed by atoms with van der Waals surface area (Å²) < 4.78 is 22.6. The molecular weight excluding hydrogens is 371 g/mol. The van der Waals surface area contributed by atoms with E-state index in [4.69, 9.17) is 34.6 Å². The third kappa shape index (κ3) is 19.9. The topological polar surface area (TPSA) is 166 Å². The van der Waals surface area contributed by atoms with E-state index in [-0.39, 0.29) is 0 Å². The quantitative estimate of drug-likeness (QED) is 0.315. The molecule has 0 aromatic rings. The zero-order valence-electron chi connectivity index (χ0n) is 13.4. The Kier molecular flexibility index (Phi) is 12.9. The van der Waals surface area contributed by atoms with Gasteiger partial charge in [-0.15, -0.1) is 0 Å². The molecule has 0 amide bonds. The summed E-state index contributed by atoms with van der Waals surface area (Å²) in [6, 6.07) is 0. The minimum absolute atomic E-state index is 0.731. The zero-order chi connectivity index (χ0) is 19.8. The van der Waals surface area contributed by atoms with Gasteiger partial charge in [-0.1, -0.05) is 18.2 Å². The van der Waals surface area contributed by atoms with E-state index in [9.17, 15) is 0 Å². The van der Waals surface area contributed by atoms with Crippen LogP contribution in [0.4, 0.5) is 0 Å². The molecule has 0 fully saturated rings. The van der Waals surface area contributed by atoms with Crippen molar-refractivity contribution in [2.75, 3.05) is 0 Å². The molecule has 0 radical (unpaired) electrons. The Hall–Kier alpha value is -2.17. The molecule has 0 aromatic heterocycles. The Morgan fingerprint density at radius 1 is 0.577 bits per heavy atom. The molecule has 0 aliphatic carbocycles. The van der Waals surface area contributed by atoms with E-state index in [1.54, 1.807) is 54.7 Å². The van der Waals surface area contributed by atoms with E-state index >= 15 is 0 Å². The van der Waals surface area contributed by atoms with E-state index in [0.29, 0.717) is 0 Å². The minimum atomic E-state index is -4.64. The number of hydrogen-bond acceptors (Lipinski definition) is 7. The minimum Gasteiger partial charge on any atom is -0.469 e. The summed E-state index contributed by atoms with van der Waals surface area (Å²) in [6.07, 6.45) is 17.2. The van der Waals surface area contributed by atoms with Crippen LogP contribution in [-0.2, 0) is 18.8 Å². The van der Waals surface area contributed by atoms with Crippen molar-refractivity contribution in [2.45, 2.75) is 18.9 Å². The third-order valence-electron chi connectivity index (χ3n) is 2.05. The van der Waals surface area contributed by atoms with Crippen molar-refractivity contribution in [2.24, 2.45) is 0 Å². The molecule has 11 heteroatoms. The van der Waals surface area contributed by atoms with Crippen molar-refractivity contribution in [3.05, 3.63) is 73.5 Å². The van der Waals surface area contributed by atoms with Gasteiger partial charge in [0, 0.05) is 0 Å². The average Bonchev–Trinajstić information content (AvgIpc) is 2.57. The monoisotopic (exact) mass is 392 g/mol. The van der Waals surface area contributed by atoms with Crippen LogP contribution in [0.5, 0.6) is 0 Å². The summed E-state index contributed by atoms with van der Waals surface area (Å²) in [6.45, 7) is 0.